The van der Waals surface area contributed by atoms with E-state index in [9.17, 15) is 19.0 Å². The number of halogens is 2. The van der Waals surface area contributed by atoms with Crippen molar-refractivity contribution in [3.05, 3.63) is 18.1 Å². The van der Waals surface area contributed by atoms with Gasteiger partial charge < -0.3 is 45.3 Å². The van der Waals surface area contributed by atoms with E-state index in [4.69, 9.17) is 29.8 Å². The Bertz CT molecular complexity index is 647. The van der Waals surface area contributed by atoms with Crippen LogP contribution in [0.15, 0.2) is 12.4 Å². The van der Waals surface area contributed by atoms with Crippen molar-refractivity contribution in [3.63, 3.8) is 0 Å². The molecule has 0 radical (unpaired) electrons. The van der Waals surface area contributed by atoms with Gasteiger partial charge in [0.05, 0.1) is 64.7 Å². The minimum Gasteiger partial charge on any atom is -0.394 e. The zero-order valence-corrected chi connectivity index (χ0v) is 17.0. The summed E-state index contributed by atoms with van der Waals surface area (Å²) < 4.78 is 49.3. The van der Waals surface area contributed by atoms with Crippen LogP contribution in [0.2, 0.25) is 0 Å². The standard InChI is InChI=1S/C18H30F2N4O7/c19-18(20,11-30-6-5-29-4-3-28-2-1-21)14-7-22-8-15(24-14)23-12-10-31-13(9-25)17(27)16(12)26/h7-8,12-13,16-17,25-27H,1-6,9-11,21H2,(H,23,24)/t12-,13?,16+,17-/m0/s1. The van der Waals surface area contributed by atoms with Crippen molar-refractivity contribution in [2.24, 2.45) is 5.73 Å². The maximum absolute atomic E-state index is 14.4. The molecular weight excluding hydrogens is 422 g/mol. The lowest BCUT2D eigenvalue weighted by atomic mass is 9.98. The molecule has 11 nitrogen and oxygen atoms in total. The first-order chi connectivity index (χ1) is 14.9. The smallest absolute Gasteiger partial charge is 0.314 e. The molecule has 0 bridgehead atoms. The molecule has 2 heterocycles. The average Bonchev–Trinajstić information content (AvgIpc) is 2.76. The largest absolute Gasteiger partial charge is 0.394 e. The highest BCUT2D eigenvalue weighted by molar-refractivity contribution is 5.35. The number of aliphatic hydroxyl groups is 3. The first kappa shape index (κ1) is 25.7. The highest BCUT2D eigenvalue weighted by Crippen LogP contribution is 2.27. The van der Waals surface area contributed by atoms with E-state index < -0.39 is 49.2 Å². The Hall–Kier alpha value is -1.58. The molecular formula is C18H30F2N4O7. The summed E-state index contributed by atoms with van der Waals surface area (Å²) in [5.74, 6) is -3.43. The van der Waals surface area contributed by atoms with E-state index in [1.165, 1.54) is 6.20 Å². The van der Waals surface area contributed by atoms with Crippen molar-refractivity contribution in [1.82, 2.24) is 9.97 Å². The SMILES string of the molecule is NCCOCCOCCOCC(F)(F)c1cncc(N[C@H]2COC(CO)[C@H](O)[C@@H]2O)n1. The van der Waals surface area contributed by atoms with Gasteiger partial charge in [0.15, 0.2) is 0 Å². The van der Waals surface area contributed by atoms with Crippen LogP contribution in [0.25, 0.3) is 0 Å². The van der Waals surface area contributed by atoms with Gasteiger partial charge in [-0.05, 0) is 0 Å². The number of nitrogens with zero attached hydrogens (tertiary/aromatic N) is 2. The van der Waals surface area contributed by atoms with Crippen LogP contribution >= 0.6 is 0 Å². The number of ether oxygens (including phenoxy) is 4. The van der Waals surface area contributed by atoms with Crippen molar-refractivity contribution < 1.29 is 43.0 Å². The van der Waals surface area contributed by atoms with Gasteiger partial charge in [0, 0.05) is 6.54 Å². The summed E-state index contributed by atoms with van der Waals surface area (Å²) in [7, 11) is 0. The number of aromatic nitrogens is 2. The van der Waals surface area contributed by atoms with Gasteiger partial charge in [-0.2, -0.15) is 8.78 Å². The van der Waals surface area contributed by atoms with E-state index >= 15 is 0 Å². The van der Waals surface area contributed by atoms with Crippen LogP contribution in [-0.2, 0) is 24.9 Å². The topological polar surface area (TPSA) is 161 Å². The molecule has 4 atom stereocenters. The fourth-order valence-corrected chi connectivity index (χ4v) is 2.77. The summed E-state index contributed by atoms with van der Waals surface area (Å²) >= 11 is 0. The quantitative estimate of drug-likeness (QED) is 0.208. The molecule has 0 aromatic carbocycles. The zero-order valence-electron chi connectivity index (χ0n) is 17.0. The third kappa shape index (κ3) is 8.12. The lowest BCUT2D eigenvalue weighted by Gasteiger charge is -2.37. The maximum Gasteiger partial charge on any atom is 0.314 e. The minimum atomic E-state index is -3.40. The van der Waals surface area contributed by atoms with Crippen LogP contribution in [0, 0.1) is 0 Å². The molecule has 1 aromatic rings. The molecule has 1 fully saturated rings. The molecule has 178 valence electrons. The summed E-state index contributed by atoms with van der Waals surface area (Å²) in [6.07, 6.45) is -1.42. The Labute approximate surface area is 178 Å². The second-order valence-corrected chi connectivity index (χ2v) is 6.85. The van der Waals surface area contributed by atoms with Crippen LogP contribution < -0.4 is 11.1 Å². The van der Waals surface area contributed by atoms with E-state index in [0.717, 1.165) is 6.20 Å². The number of anilines is 1. The van der Waals surface area contributed by atoms with E-state index in [1.807, 2.05) is 0 Å². The monoisotopic (exact) mass is 452 g/mol. The van der Waals surface area contributed by atoms with E-state index in [-0.39, 0.29) is 25.6 Å². The summed E-state index contributed by atoms with van der Waals surface area (Å²) in [5.41, 5.74) is 4.65. The van der Waals surface area contributed by atoms with Crippen LogP contribution in [0.4, 0.5) is 14.6 Å². The molecule has 6 N–H and O–H groups in total. The van der Waals surface area contributed by atoms with Gasteiger partial charge in [-0.3, -0.25) is 4.98 Å². The van der Waals surface area contributed by atoms with Crippen molar-refractivity contribution >= 4 is 5.82 Å². The fourth-order valence-electron chi connectivity index (χ4n) is 2.77. The Morgan fingerprint density at radius 2 is 1.77 bits per heavy atom. The van der Waals surface area contributed by atoms with Crippen molar-refractivity contribution in [3.8, 4) is 0 Å². The summed E-state index contributed by atoms with van der Waals surface area (Å²) in [6, 6.07) is -0.821. The predicted molar refractivity (Wildman–Crippen MR) is 104 cm³/mol. The Morgan fingerprint density at radius 1 is 1.10 bits per heavy atom. The van der Waals surface area contributed by atoms with Gasteiger partial charge in [0.1, 0.15) is 36.4 Å². The number of hydrogen-bond donors (Lipinski definition) is 5. The van der Waals surface area contributed by atoms with E-state index in [2.05, 4.69) is 15.3 Å². The van der Waals surface area contributed by atoms with E-state index in [0.29, 0.717) is 26.4 Å². The number of rotatable bonds is 14. The molecule has 1 aliphatic rings. The maximum atomic E-state index is 14.4. The van der Waals surface area contributed by atoms with Gasteiger partial charge in [-0.1, -0.05) is 0 Å². The number of nitrogens with two attached hydrogens (primary N) is 1. The zero-order chi connectivity index (χ0) is 22.7. The fraction of sp³-hybridized carbons (Fsp3) is 0.778. The summed E-state index contributed by atoms with van der Waals surface area (Å²) in [4.78, 5) is 7.59. The van der Waals surface area contributed by atoms with Gasteiger partial charge in [-0.15, -0.1) is 0 Å². The highest BCUT2D eigenvalue weighted by Gasteiger charge is 2.39. The summed E-state index contributed by atoms with van der Waals surface area (Å²) in [5, 5.41) is 31.9. The third-order valence-corrected chi connectivity index (χ3v) is 4.44. The molecule has 0 amide bonds. The number of alkyl halides is 2. The van der Waals surface area contributed by atoms with Crippen molar-refractivity contribution in [1.29, 1.82) is 0 Å². The van der Waals surface area contributed by atoms with Gasteiger partial charge in [0.2, 0.25) is 0 Å². The molecule has 2 rings (SSSR count). The van der Waals surface area contributed by atoms with Crippen LogP contribution in [0.1, 0.15) is 5.69 Å². The van der Waals surface area contributed by atoms with Crippen LogP contribution in [-0.4, -0.2) is 109 Å². The number of nitrogens with one attached hydrogen (secondary N) is 1. The number of aliphatic hydroxyl groups excluding tert-OH is 3. The van der Waals surface area contributed by atoms with Gasteiger partial charge >= 0.3 is 5.92 Å². The van der Waals surface area contributed by atoms with Gasteiger partial charge in [0.25, 0.3) is 0 Å². The average molecular weight is 452 g/mol. The molecule has 1 aliphatic heterocycles. The highest BCUT2D eigenvalue weighted by atomic mass is 19.3. The molecule has 1 aromatic heterocycles. The lowest BCUT2D eigenvalue weighted by molar-refractivity contribution is -0.152. The molecule has 0 saturated carbocycles. The van der Waals surface area contributed by atoms with Crippen molar-refractivity contribution in [2.75, 3.05) is 64.7 Å². The molecule has 13 heteroatoms. The normalized spacial score (nSPS) is 24.3. The van der Waals surface area contributed by atoms with Crippen molar-refractivity contribution in [2.45, 2.75) is 30.3 Å². The second-order valence-electron chi connectivity index (χ2n) is 6.85. The third-order valence-electron chi connectivity index (χ3n) is 4.44. The van der Waals surface area contributed by atoms with Crippen LogP contribution in [0.3, 0.4) is 0 Å². The molecule has 1 saturated heterocycles. The number of hydrogen-bond acceptors (Lipinski definition) is 11. The first-order valence-electron chi connectivity index (χ1n) is 9.87. The van der Waals surface area contributed by atoms with Gasteiger partial charge in [-0.25, -0.2) is 4.98 Å². The van der Waals surface area contributed by atoms with Crippen LogP contribution in [0.5, 0.6) is 0 Å². The second kappa shape index (κ2) is 13.1. The summed E-state index contributed by atoms with van der Waals surface area (Å²) in [6.45, 7) is 0.177. The molecule has 0 spiro atoms. The predicted octanol–water partition coefficient (Wildman–Crippen LogP) is -1.53. The first-order valence-corrected chi connectivity index (χ1v) is 9.87. The Balaban J connectivity index is 1.79. The molecule has 1 unspecified atom stereocenters. The Kier molecular flexibility index (Phi) is 10.8. The Morgan fingerprint density at radius 3 is 2.45 bits per heavy atom. The minimum absolute atomic E-state index is 0.0275. The van der Waals surface area contributed by atoms with E-state index in [1.54, 1.807) is 0 Å². The lowest BCUT2D eigenvalue weighted by Crippen LogP contribution is -2.56. The molecule has 31 heavy (non-hydrogen) atoms. The molecule has 0 aliphatic carbocycles.